The Morgan fingerprint density at radius 1 is 1.16 bits per heavy atom. The monoisotopic (exact) mass is 439 g/mol. The number of alkyl halides is 2. The first-order valence-electron chi connectivity index (χ1n) is 10.3. The van der Waals surface area contributed by atoms with Gasteiger partial charge in [-0.2, -0.15) is 0 Å². The zero-order valence-corrected chi connectivity index (χ0v) is 17.5. The minimum atomic E-state index is -2.99. The molecule has 0 bridgehead atoms. The molecule has 32 heavy (non-hydrogen) atoms. The molecule has 7 nitrogen and oxygen atoms in total. The maximum absolute atomic E-state index is 14.2. The Bertz CT molecular complexity index is 1120. The maximum Gasteiger partial charge on any atom is 0.273 e. The van der Waals surface area contributed by atoms with E-state index in [1.165, 1.54) is 15.8 Å². The third-order valence-corrected chi connectivity index (χ3v) is 5.37. The smallest absolute Gasteiger partial charge is 0.273 e. The van der Waals surface area contributed by atoms with Gasteiger partial charge >= 0.3 is 0 Å². The van der Waals surface area contributed by atoms with E-state index in [-0.39, 0.29) is 12.2 Å². The molecule has 2 aromatic carbocycles. The number of rotatable bonds is 6. The zero-order valence-electron chi connectivity index (χ0n) is 17.5. The van der Waals surface area contributed by atoms with Gasteiger partial charge in [-0.25, -0.2) is 13.5 Å². The number of nitrogens with one attached hydrogen (secondary N) is 1. The first kappa shape index (κ1) is 21.6. The highest BCUT2D eigenvalue weighted by atomic mass is 19.3. The maximum atomic E-state index is 14.2. The third kappa shape index (κ3) is 4.99. The van der Waals surface area contributed by atoms with Gasteiger partial charge in [0.15, 0.2) is 5.69 Å². The van der Waals surface area contributed by atoms with Crippen molar-refractivity contribution in [2.75, 3.05) is 6.54 Å². The van der Waals surface area contributed by atoms with E-state index in [2.05, 4.69) is 15.6 Å². The average Bonchev–Trinajstić information content (AvgIpc) is 3.36. The number of nitrogens with zero attached hydrogens (tertiary/aromatic N) is 4. The summed E-state index contributed by atoms with van der Waals surface area (Å²) < 4.78 is 29.7. The van der Waals surface area contributed by atoms with Crippen LogP contribution in [0, 0.1) is 6.92 Å². The molecule has 1 atom stereocenters. The van der Waals surface area contributed by atoms with Gasteiger partial charge < -0.3 is 10.2 Å². The van der Waals surface area contributed by atoms with Crippen LogP contribution in [0.2, 0.25) is 0 Å². The predicted octanol–water partition coefficient (Wildman–Crippen LogP) is 3.07. The van der Waals surface area contributed by atoms with Crippen molar-refractivity contribution < 1.29 is 18.4 Å². The molecule has 1 aromatic heterocycles. The van der Waals surface area contributed by atoms with Crippen LogP contribution in [-0.4, -0.2) is 50.2 Å². The topological polar surface area (TPSA) is 80.1 Å². The summed E-state index contributed by atoms with van der Waals surface area (Å²) in [6.45, 7) is 1.54. The Morgan fingerprint density at radius 2 is 1.94 bits per heavy atom. The normalized spacial score (nSPS) is 17.3. The molecule has 0 unspecified atom stereocenters. The van der Waals surface area contributed by atoms with E-state index in [4.69, 9.17) is 0 Å². The van der Waals surface area contributed by atoms with E-state index in [9.17, 15) is 18.4 Å². The summed E-state index contributed by atoms with van der Waals surface area (Å²) in [7, 11) is 0. The number of hydrogen-bond acceptors (Lipinski definition) is 4. The number of carbonyl (C=O) groups excluding carboxylic acids is 2. The van der Waals surface area contributed by atoms with Gasteiger partial charge in [0.25, 0.3) is 17.7 Å². The number of carbonyl (C=O) groups is 2. The first-order valence-corrected chi connectivity index (χ1v) is 10.3. The van der Waals surface area contributed by atoms with Gasteiger partial charge in [-0.15, -0.1) is 5.10 Å². The summed E-state index contributed by atoms with van der Waals surface area (Å²) in [6, 6.07) is 15.5. The van der Waals surface area contributed by atoms with Crippen LogP contribution in [-0.2, 0) is 13.1 Å². The quantitative estimate of drug-likeness (QED) is 0.640. The molecule has 0 spiro atoms. The van der Waals surface area contributed by atoms with Crippen molar-refractivity contribution in [2.45, 2.75) is 38.4 Å². The van der Waals surface area contributed by atoms with Crippen LogP contribution < -0.4 is 5.32 Å². The molecule has 1 fully saturated rings. The molecule has 0 aliphatic carbocycles. The molecular weight excluding hydrogens is 416 g/mol. The van der Waals surface area contributed by atoms with Crippen LogP contribution in [0.25, 0.3) is 0 Å². The highest BCUT2D eigenvalue weighted by molar-refractivity contribution is 5.95. The second-order valence-corrected chi connectivity index (χ2v) is 8.01. The number of aryl methyl sites for hydroxylation is 1. The molecule has 2 heterocycles. The zero-order chi connectivity index (χ0) is 22.7. The molecule has 3 aromatic rings. The molecule has 1 saturated heterocycles. The number of benzene rings is 2. The standard InChI is InChI=1S/C23H23F2N5O2/c1-16-6-5-9-18(10-16)22(32)30-15-23(24,25)11-19(30)13-29-14-20(27-28-29)21(31)26-12-17-7-3-2-4-8-17/h2-10,14,19H,11-13,15H2,1H3,(H,26,31)/t19-/m0/s1. The lowest BCUT2D eigenvalue weighted by atomic mass is 10.1. The lowest BCUT2D eigenvalue weighted by molar-refractivity contribution is 0.0117. The Labute approximate surface area is 184 Å². The van der Waals surface area contributed by atoms with Crippen molar-refractivity contribution in [3.05, 3.63) is 83.2 Å². The van der Waals surface area contributed by atoms with Crippen molar-refractivity contribution in [3.63, 3.8) is 0 Å². The van der Waals surface area contributed by atoms with E-state index < -0.39 is 36.7 Å². The molecule has 0 radical (unpaired) electrons. The number of amides is 2. The third-order valence-electron chi connectivity index (χ3n) is 5.37. The van der Waals surface area contributed by atoms with Crippen LogP contribution in [0.1, 0.15) is 38.4 Å². The van der Waals surface area contributed by atoms with Crippen LogP contribution in [0.5, 0.6) is 0 Å². The Kier molecular flexibility index (Phi) is 5.98. The fourth-order valence-electron chi connectivity index (χ4n) is 3.82. The van der Waals surface area contributed by atoms with Gasteiger partial charge in [-0.05, 0) is 24.6 Å². The van der Waals surface area contributed by atoms with Crippen LogP contribution in [0.15, 0.2) is 60.8 Å². The van der Waals surface area contributed by atoms with E-state index >= 15 is 0 Å². The highest BCUT2D eigenvalue weighted by Gasteiger charge is 2.47. The largest absolute Gasteiger partial charge is 0.347 e. The van der Waals surface area contributed by atoms with E-state index in [1.807, 2.05) is 43.3 Å². The summed E-state index contributed by atoms with van der Waals surface area (Å²) >= 11 is 0. The molecular formula is C23H23F2N5O2. The summed E-state index contributed by atoms with van der Waals surface area (Å²) in [5, 5.41) is 10.5. The summed E-state index contributed by atoms with van der Waals surface area (Å²) in [4.78, 5) is 26.4. The van der Waals surface area contributed by atoms with E-state index in [0.717, 1.165) is 11.1 Å². The lowest BCUT2D eigenvalue weighted by Crippen LogP contribution is -2.38. The molecule has 0 saturated carbocycles. The molecule has 9 heteroatoms. The second kappa shape index (κ2) is 8.86. The summed E-state index contributed by atoms with van der Waals surface area (Å²) in [6.07, 6.45) is 0.937. The highest BCUT2D eigenvalue weighted by Crippen LogP contribution is 2.33. The fourth-order valence-corrected chi connectivity index (χ4v) is 3.82. The molecule has 1 aliphatic rings. The molecule has 4 rings (SSSR count). The molecule has 166 valence electrons. The van der Waals surface area contributed by atoms with Gasteiger partial charge in [0.2, 0.25) is 0 Å². The van der Waals surface area contributed by atoms with Gasteiger partial charge in [0.1, 0.15) is 0 Å². The Balaban J connectivity index is 1.43. The average molecular weight is 439 g/mol. The fraction of sp³-hybridized carbons (Fsp3) is 0.304. The van der Waals surface area contributed by atoms with Crippen LogP contribution >= 0.6 is 0 Å². The van der Waals surface area contributed by atoms with Gasteiger partial charge in [0, 0.05) is 18.5 Å². The minimum Gasteiger partial charge on any atom is -0.347 e. The van der Waals surface area contributed by atoms with Crippen molar-refractivity contribution in [3.8, 4) is 0 Å². The second-order valence-electron chi connectivity index (χ2n) is 8.01. The van der Waals surface area contributed by atoms with Crippen molar-refractivity contribution in [1.82, 2.24) is 25.2 Å². The first-order chi connectivity index (χ1) is 15.3. The SMILES string of the molecule is Cc1cccc(C(=O)N2CC(F)(F)C[C@H]2Cn2cc(C(=O)NCc3ccccc3)nn2)c1. The van der Waals surface area contributed by atoms with Gasteiger partial charge in [-0.3, -0.25) is 9.59 Å². The minimum absolute atomic E-state index is 0.0200. The lowest BCUT2D eigenvalue weighted by Gasteiger charge is -2.24. The number of halogens is 2. The van der Waals surface area contributed by atoms with Crippen LogP contribution in [0.3, 0.4) is 0 Å². The van der Waals surface area contributed by atoms with E-state index in [1.54, 1.807) is 18.2 Å². The Morgan fingerprint density at radius 3 is 2.69 bits per heavy atom. The molecule has 1 N–H and O–H groups in total. The molecule has 2 amide bonds. The van der Waals surface area contributed by atoms with Gasteiger partial charge in [0.05, 0.1) is 25.3 Å². The van der Waals surface area contributed by atoms with Crippen molar-refractivity contribution >= 4 is 11.8 Å². The van der Waals surface area contributed by atoms with Crippen molar-refractivity contribution in [1.29, 1.82) is 0 Å². The van der Waals surface area contributed by atoms with E-state index in [0.29, 0.717) is 12.1 Å². The summed E-state index contributed by atoms with van der Waals surface area (Å²) in [5.41, 5.74) is 2.27. The van der Waals surface area contributed by atoms with Crippen molar-refractivity contribution in [2.24, 2.45) is 0 Å². The van der Waals surface area contributed by atoms with Gasteiger partial charge in [-0.1, -0.05) is 53.2 Å². The Hall–Kier alpha value is -3.62. The summed E-state index contributed by atoms with van der Waals surface area (Å²) in [5.74, 6) is -3.85. The number of likely N-dealkylation sites (tertiary alicyclic amines) is 1. The predicted molar refractivity (Wildman–Crippen MR) is 113 cm³/mol. The number of aromatic nitrogens is 3. The molecule has 1 aliphatic heterocycles. The van der Waals surface area contributed by atoms with Crippen LogP contribution in [0.4, 0.5) is 8.78 Å². The number of hydrogen-bond donors (Lipinski definition) is 1.